The van der Waals surface area contributed by atoms with Crippen LogP contribution in [0.4, 0.5) is 0 Å². The van der Waals surface area contributed by atoms with E-state index in [1.807, 2.05) is 0 Å². The molecule has 4 heteroatoms. The molecule has 1 aliphatic heterocycles. The van der Waals surface area contributed by atoms with E-state index in [1.54, 1.807) is 0 Å². The molecule has 1 atom stereocenters. The van der Waals surface area contributed by atoms with Gasteiger partial charge in [0.2, 0.25) is 0 Å². The van der Waals surface area contributed by atoms with Crippen molar-refractivity contribution in [3.05, 3.63) is 0 Å². The van der Waals surface area contributed by atoms with Gasteiger partial charge in [-0.1, -0.05) is 0 Å². The first-order chi connectivity index (χ1) is 5.29. The van der Waals surface area contributed by atoms with Crippen molar-refractivity contribution >= 4 is 0 Å². The zero-order valence-corrected chi connectivity index (χ0v) is 6.58. The second kappa shape index (κ2) is 4.66. The minimum absolute atomic E-state index is 0.408. The largest absolute Gasteiger partial charge is 0.368 e. The van der Waals surface area contributed by atoms with Crippen LogP contribution in [-0.2, 0) is 0 Å². The summed E-state index contributed by atoms with van der Waals surface area (Å²) in [5.41, 5.74) is 0. The van der Waals surface area contributed by atoms with Gasteiger partial charge in [0.25, 0.3) is 0 Å². The maximum absolute atomic E-state index is 8.59. The van der Waals surface area contributed by atoms with Crippen molar-refractivity contribution in [3.8, 4) is 0 Å². The molecule has 0 aromatic heterocycles. The lowest BCUT2D eigenvalue weighted by atomic mass is 10.1. The number of nitrogens with one attached hydrogen (secondary N) is 2. The van der Waals surface area contributed by atoms with E-state index in [0.717, 1.165) is 26.1 Å². The molecule has 66 valence electrons. The number of piperazine rings is 1. The molecular weight excluding hydrogens is 144 g/mol. The summed E-state index contributed by atoms with van der Waals surface area (Å²) in [7, 11) is 0. The first-order valence-electron chi connectivity index (χ1n) is 4.09. The number of hydrogen-bond acceptors (Lipinski definition) is 4. The van der Waals surface area contributed by atoms with Gasteiger partial charge in [0.05, 0.1) is 0 Å². The molecule has 1 fully saturated rings. The highest BCUT2D eigenvalue weighted by Gasteiger charge is 2.12. The van der Waals surface area contributed by atoms with Crippen LogP contribution in [0.3, 0.4) is 0 Å². The van der Waals surface area contributed by atoms with Gasteiger partial charge in [-0.15, -0.1) is 0 Å². The van der Waals surface area contributed by atoms with Crippen molar-refractivity contribution in [1.29, 1.82) is 0 Å². The minimum Gasteiger partial charge on any atom is -0.368 e. The van der Waals surface area contributed by atoms with Crippen molar-refractivity contribution in [2.45, 2.75) is 25.2 Å². The predicted octanol–water partition coefficient (Wildman–Crippen LogP) is -1.36. The molecule has 1 rings (SSSR count). The fraction of sp³-hybridized carbons (Fsp3) is 1.00. The zero-order valence-electron chi connectivity index (χ0n) is 6.58. The van der Waals surface area contributed by atoms with E-state index in [0.29, 0.717) is 12.5 Å². The summed E-state index contributed by atoms with van der Waals surface area (Å²) in [5, 5.41) is 23.7. The second-order valence-corrected chi connectivity index (χ2v) is 2.91. The van der Waals surface area contributed by atoms with Crippen molar-refractivity contribution in [1.82, 2.24) is 10.6 Å². The van der Waals surface area contributed by atoms with Crippen molar-refractivity contribution in [2.24, 2.45) is 0 Å². The molecular formula is C7H16N2O2. The van der Waals surface area contributed by atoms with Crippen LogP contribution in [-0.4, -0.2) is 42.2 Å². The smallest absolute Gasteiger partial charge is 0.151 e. The maximum atomic E-state index is 8.59. The van der Waals surface area contributed by atoms with E-state index >= 15 is 0 Å². The SMILES string of the molecule is OC(O)CCC1CNCCN1. The van der Waals surface area contributed by atoms with Gasteiger partial charge in [0.1, 0.15) is 0 Å². The molecule has 1 heterocycles. The van der Waals surface area contributed by atoms with Crippen LogP contribution >= 0.6 is 0 Å². The Hall–Kier alpha value is -0.160. The Kier molecular flexibility index (Phi) is 3.79. The molecule has 4 N–H and O–H groups in total. The van der Waals surface area contributed by atoms with E-state index in [9.17, 15) is 0 Å². The molecule has 0 saturated carbocycles. The van der Waals surface area contributed by atoms with Gasteiger partial charge in [0, 0.05) is 25.7 Å². The Morgan fingerprint density at radius 2 is 2.18 bits per heavy atom. The average Bonchev–Trinajstić information content (AvgIpc) is 2.03. The standard InChI is InChI=1S/C7H16N2O2/c10-7(11)2-1-6-5-8-3-4-9-6/h6-11H,1-5H2. The molecule has 0 aromatic rings. The van der Waals surface area contributed by atoms with E-state index in [-0.39, 0.29) is 0 Å². The topological polar surface area (TPSA) is 64.5 Å². The Bertz CT molecular complexity index is 103. The highest BCUT2D eigenvalue weighted by atomic mass is 16.5. The quantitative estimate of drug-likeness (QED) is 0.385. The molecule has 0 bridgehead atoms. The molecule has 0 aliphatic carbocycles. The van der Waals surface area contributed by atoms with Crippen molar-refractivity contribution in [2.75, 3.05) is 19.6 Å². The third-order valence-electron chi connectivity index (χ3n) is 1.90. The lowest BCUT2D eigenvalue weighted by Gasteiger charge is -2.24. The van der Waals surface area contributed by atoms with Gasteiger partial charge in [-0.3, -0.25) is 0 Å². The van der Waals surface area contributed by atoms with E-state index in [1.165, 1.54) is 0 Å². The van der Waals surface area contributed by atoms with Gasteiger partial charge in [0.15, 0.2) is 6.29 Å². The fourth-order valence-electron chi connectivity index (χ4n) is 1.27. The molecule has 0 radical (unpaired) electrons. The second-order valence-electron chi connectivity index (χ2n) is 2.91. The normalized spacial score (nSPS) is 25.9. The van der Waals surface area contributed by atoms with Crippen LogP contribution in [0, 0.1) is 0 Å². The zero-order chi connectivity index (χ0) is 8.10. The third kappa shape index (κ3) is 3.67. The van der Waals surface area contributed by atoms with Crippen LogP contribution in [0.5, 0.6) is 0 Å². The Morgan fingerprint density at radius 3 is 2.73 bits per heavy atom. The van der Waals surface area contributed by atoms with Gasteiger partial charge in [-0.2, -0.15) is 0 Å². The minimum atomic E-state index is -1.15. The molecule has 1 aliphatic rings. The molecule has 0 aromatic carbocycles. The van der Waals surface area contributed by atoms with Crippen molar-refractivity contribution in [3.63, 3.8) is 0 Å². The fourth-order valence-corrected chi connectivity index (χ4v) is 1.27. The first-order valence-corrected chi connectivity index (χ1v) is 4.09. The summed E-state index contributed by atoms with van der Waals surface area (Å²) >= 11 is 0. The molecule has 1 saturated heterocycles. The van der Waals surface area contributed by atoms with Crippen LogP contribution < -0.4 is 10.6 Å². The third-order valence-corrected chi connectivity index (χ3v) is 1.90. The molecule has 0 spiro atoms. The number of aliphatic hydroxyl groups excluding tert-OH is 1. The summed E-state index contributed by atoms with van der Waals surface area (Å²) in [6, 6.07) is 0.408. The summed E-state index contributed by atoms with van der Waals surface area (Å²) in [5.74, 6) is 0. The van der Waals surface area contributed by atoms with Crippen LogP contribution in [0.15, 0.2) is 0 Å². The lowest BCUT2D eigenvalue weighted by molar-refractivity contribution is -0.0479. The van der Waals surface area contributed by atoms with Gasteiger partial charge < -0.3 is 20.8 Å². The number of rotatable bonds is 3. The summed E-state index contributed by atoms with van der Waals surface area (Å²) < 4.78 is 0. The molecule has 11 heavy (non-hydrogen) atoms. The van der Waals surface area contributed by atoms with E-state index in [4.69, 9.17) is 10.2 Å². The summed E-state index contributed by atoms with van der Waals surface area (Å²) in [4.78, 5) is 0. The van der Waals surface area contributed by atoms with E-state index in [2.05, 4.69) is 10.6 Å². The maximum Gasteiger partial charge on any atom is 0.151 e. The Labute approximate surface area is 66.6 Å². The summed E-state index contributed by atoms with van der Waals surface area (Å²) in [6.07, 6.45) is 0.128. The van der Waals surface area contributed by atoms with Gasteiger partial charge in [-0.25, -0.2) is 0 Å². The Balaban J connectivity index is 2.05. The number of aliphatic hydroxyl groups is 2. The summed E-state index contributed by atoms with van der Waals surface area (Å²) in [6.45, 7) is 2.93. The monoisotopic (exact) mass is 160 g/mol. The average molecular weight is 160 g/mol. The molecule has 1 unspecified atom stereocenters. The van der Waals surface area contributed by atoms with Crippen molar-refractivity contribution < 1.29 is 10.2 Å². The number of hydrogen-bond donors (Lipinski definition) is 4. The van der Waals surface area contributed by atoms with E-state index < -0.39 is 6.29 Å². The Morgan fingerprint density at radius 1 is 1.36 bits per heavy atom. The molecule has 0 amide bonds. The van der Waals surface area contributed by atoms with Gasteiger partial charge >= 0.3 is 0 Å². The molecule has 4 nitrogen and oxygen atoms in total. The predicted molar refractivity (Wildman–Crippen MR) is 42.1 cm³/mol. The highest BCUT2D eigenvalue weighted by Crippen LogP contribution is 2.00. The van der Waals surface area contributed by atoms with Crippen LogP contribution in [0.1, 0.15) is 12.8 Å². The van der Waals surface area contributed by atoms with Crippen LogP contribution in [0.25, 0.3) is 0 Å². The highest BCUT2D eigenvalue weighted by molar-refractivity contribution is 4.74. The first kappa shape index (κ1) is 8.93. The van der Waals surface area contributed by atoms with Gasteiger partial charge in [-0.05, 0) is 12.8 Å². The van der Waals surface area contributed by atoms with Crippen LogP contribution in [0.2, 0.25) is 0 Å². The lowest BCUT2D eigenvalue weighted by Crippen LogP contribution is -2.48.